The Hall–Kier alpha value is -3.78. The van der Waals surface area contributed by atoms with Crippen LogP contribution in [-0.4, -0.2) is 57.7 Å². The van der Waals surface area contributed by atoms with Crippen LogP contribution in [0.25, 0.3) is 22.3 Å². The Labute approximate surface area is 224 Å². The number of carbonyl (C=O) groups excluding carboxylic acids is 1. The second-order valence-corrected chi connectivity index (χ2v) is 10.2. The number of nitrogens with zero attached hydrogens (tertiary/aromatic N) is 5. The predicted octanol–water partition coefficient (Wildman–Crippen LogP) is 4.91. The number of rotatable bonds is 10. The quantitative estimate of drug-likeness (QED) is 0.294. The van der Waals surface area contributed by atoms with E-state index in [1.54, 1.807) is 4.90 Å². The summed E-state index contributed by atoms with van der Waals surface area (Å²) in [6, 6.07) is 12.3. The number of hydrogen-bond acceptors (Lipinski definition) is 6. The fourth-order valence-electron chi connectivity index (χ4n) is 4.93. The molecule has 0 radical (unpaired) electrons. The summed E-state index contributed by atoms with van der Waals surface area (Å²) in [6.07, 6.45) is 4.28. The van der Waals surface area contributed by atoms with Crippen molar-refractivity contribution >= 4 is 22.5 Å². The molecule has 1 saturated carbocycles. The fourth-order valence-corrected chi connectivity index (χ4v) is 4.93. The van der Waals surface area contributed by atoms with Crippen molar-refractivity contribution < 1.29 is 4.79 Å². The third kappa shape index (κ3) is 5.27. The average Bonchev–Trinajstić information content (AvgIpc) is 3.72. The van der Waals surface area contributed by atoms with Gasteiger partial charge in [-0.25, -0.2) is 9.97 Å². The lowest BCUT2D eigenvalue weighted by molar-refractivity contribution is 0.0787. The Morgan fingerprint density at radius 3 is 2.58 bits per heavy atom. The number of likely N-dealkylation sites (N-methyl/N-ethyl adjacent to an activating group) is 1. The molecule has 8 heteroatoms. The lowest BCUT2D eigenvalue weighted by Crippen LogP contribution is -2.27. The number of benzene rings is 1. The molecule has 5 rings (SSSR count). The summed E-state index contributed by atoms with van der Waals surface area (Å²) in [6.45, 7) is 9.11. The molecule has 1 aliphatic rings. The molecule has 2 N–H and O–H groups in total. The summed E-state index contributed by atoms with van der Waals surface area (Å²) in [5.74, 6) is 0.562. The fraction of sp³-hybridized carbons (Fsp3) is 0.400. The Balaban J connectivity index is 1.52. The number of amides is 1. The smallest absolute Gasteiger partial charge is 0.254 e. The zero-order valence-electron chi connectivity index (χ0n) is 23.0. The first-order chi connectivity index (χ1) is 18.4. The van der Waals surface area contributed by atoms with Crippen molar-refractivity contribution in [2.75, 3.05) is 32.5 Å². The normalized spacial score (nSPS) is 13.2. The number of pyridine rings is 2. The zero-order valence-corrected chi connectivity index (χ0v) is 23.0. The largest absolute Gasteiger partial charge is 0.382 e. The first-order valence-electron chi connectivity index (χ1n) is 13.5. The second-order valence-electron chi connectivity index (χ2n) is 10.2. The van der Waals surface area contributed by atoms with Gasteiger partial charge in [-0.15, -0.1) is 0 Å². The number of carbonyl (C=O) groups is 1. The van der Waals surface area contributed by atoms with Crippen LogP contribution in [0, 0.1) is 13.8 Å². The highest BCUT2D eigenvalue weighted by Crippen LogP contribution is 2.41. The molecule has 1 amide bonds. The highest BCUT2D eigenvalue weighted by Gasteiger charge is 2.25. The molecule has 1 aromatic carbocycles. The third-order valence-corrected chi connectivity index (χ3v) is 7.41. The first kappa shape index (κ1) is 25.9. The molecule has 0 bridgehead atoms. The summed E-state index contributed by atoms with van der Waals surface area (Å²) >= 11 is 0. The number of nitrogens with one attached hydrogen (secondary N) is 2. The van der Waals surface area contributed by atoms with Gasteiger partial charge in [0, 0.05) is 49.9 Å². The van der Waals surface area contributed by atoms with E-state index in [0.717, 1.165) is 58.9 Å². The second kappa shape index (κ2) is 10.9. The molecule has 8 nitrogen and oxygen atoms in total. The van der Waals surface area contributed by atoms with E-state index < -0.39 is 0 Å². The third-order valence-electron chi connectivity index (χ3n) is 7.41. The van der Waals surface area contributed by atoms with E-state index in [1.807, 2.05) is 50.1 Å². The number of aromatic nitrogens is 4. The molecule has 1 fully saturated rings. The van der Waals surface area contributed by atoms with Crippen molar-refractivity contribution in [1.82, 2.24) is 30.0 Å². The van der Waals surface area contributed by atoms with E-state index >= 15 is 0 Å². The lowest BCUT2D eigenvalue weighted by Gasteiger charge is -2.19. The number of anilines is 1. The molecule has 3 heterocycles. The van der Waals surface area contributed by atoms with Gasteiger partial charge in [-0.1, -0.05) is 6.07 Å². The van der Waals surface area contributed by atoms with Crippen LogP contribution in [0.15, 0.2) is 42.6 Å². The van der Waals surface area contributed by atoms with Gasteiger partial charge in [-0.05, 0) is 82.5 Å². The van der Waals surface area contributed by atoms with Gasteiger partial charge in [0.05, 0.1) is 40.0 Å². The minimum absolute atomic E-state index is 0.0303. The Kier molecular flexibility index (Phi) is 7.42. The van der Waals surface area contributed by atoms with Crippen molar-refractivity contribution in [3.63, 3.8) is 0 Å². The summed E-state index contributed by atoms with van der Waals surface area (Å²) < 4.78 is 1.96. The molecular weight excluding hydrogens is 474 g/mol. The van der Waals surface area contributed by atoms with Crippen LogP contribution in [0.4, 0.5) is 5.69 Å². The van der Waals surface area contributed by atoms with Crippen LogP contribution in [0.2, 0.25) is 0 Å². The van der Waals surface area contributed by atoms with Gasteiger partial charge in [0.15, 0.2) is 0 Å². The zero-order chi connectivity index (χ0) is 26.8. The van der Waals surface area contributed by atoms with Crippen molar-refractivity contribution in [1.29, 1.82) is 0 Å². The molecular formula is C30H37N7O. The van der Waals surface area contributed by atoms with Crippen LogP contribution in [0.5, 0.6) is 0 Å². The van der Waals surface area contributed by atoms with Crippen LogP contribution >= 0.6 is 0 Å². The molecule has 0 saturated heterocycles. The van der Waals surface area contributed by atoms with Gasteiger partial charge in [0.25, 0.3) is 5.91 Å². The van der Waals surface area contributed by atoms with E-state index in [-0.39, 0.29) is 5.91 Å². The van der Waals surface area contributed by atoms with Gasteiger partial charge in [0.1, 0.15) is 0 Å². The van der Waals surface area contributed by atoms with Crippen LogP contribution in [0.3, 0.4) is 0 Å². The Bertz CT molecular complexity index is 1470. The van der Waals surface area contributed by atoms with Crippen molar-refractivity contribution in [3.05, 3.63) is 70.7 Å². The van der Waals surface area contributed by atoms with Gasteiger partial charge in [0.2, 0.25) is 0 Å². The van der Waals surface area contributed by atoms with E-state index in [0.29, 0.717) is 23.7 Å². The van der Waals surface area contributed by atoms with Crippen LogP contribution in [0.1, 0.15) is 58.6 Å². The van der Waals surface area contributed by atoms with E-state index in [2.05, 4.69) is 47.8 Å². The maximum atomic E-state index is 13.9. The van der Waals surface area contributed by atoms with Crippen molar-refractivity contribution in [3.8, 4) is 11.4 Å². The van der Waals surface area contributed by atoms with Crippen LogP contribution < -0.4 is 10.6 Å². The maximum absolute atomic E-state index is 13.9. The average molecular weight is 512 g/mol. The SMILES string of the molecule is CCn1ncc(CN(C)C(=O)c2cc(-c3ccc(NCCNC)c(C)n3)nc3ccc(C4CC4)cc23)c1C. The summed E-state index contributed by atoms with van der Waals surface area (Å²) in [4.78, 5) is 25.5. The maximum Gasteiger partial charge on any atom is 0.254 e. The molecule has 4 aromatic rings. The summed E-state index contributed by atoms with van der Waals surface area (Å²) in [5, 5.41) is 11.9. The molecule has 0 unspecified atom stereocenters. The molecule has 0 atom stereocenters. The molecule has 0 spiro atoms. The topological polar surface area (TPSA) is 88.0 Å². The highest BCUT2D eigenvalue weighted by atomic mass is 16.2. The van der Waals surface area contributed by atoms with Crippen molar-refractivity contribution in [2.45, 2.75) is 52.6 Å². The van der Waals surface area contributed by atoms with Gasteiger partial charge in [-0.3, -0.25) is 9.48 Å². The molecule has 38 heavy (non-hydrogen) atoms. The number of fused-ring (bicyclic) bond motifs is 1. The van der Waals surface area contributed by atoms with Gasteiger partial charge >= 0.3 is 0 Å². The minimum Gasteiger partial charge on any atom is -0.382 e. The van der Waals surface area contributed by atoms with E-state index in [4.69, 9.17) is 9.97 Å². The Morgan fingerprint density at radius 2 is 1.89 bits per heavy atom. The number of aryl methyl sites for hydroxylation is 2. The predicted molar refractivity (Wildman–Crippen MR) is 153 cm³/mol. The standard InChI is InChI=1S/C30H37N7O/c1-6-37-20(3)23(17-33-37)18-36(5)30(38)25-16-29(28-12-11-26(19(2)34-28)32-14-13-31-4)35-27-10-9-22(15-24(25)27)21-7-8-21/h9-12,15-17,21,31-32H,6-8,13-14,18H2,1-5H3. The summed E-state index contributed by atoms with van der Waals surface area (Å²) in [5.41, 5.74) is 8.26. The minimum atomic E-state index is -0.0303. The van der Waals surface area contributed by atoms with E-state index in [1.165, 1.54) is 18.4 Å². The molecule has 3 aromatic heterocycles. The van der Waals surface area contributed by atoms with Gasteiger partial charge in [-0.2, -0.15) is 5.10 Å². The van der Waals surface area contributed by atoms with Crippen molar-refractivity contribution in [2.24, 2.45) is 0 Å². The highest BCUT2D eigenvalue weighted by molar-refractivity contribution is 6.07. The van der Waals surface area contributed by atoms with Gasteiger partial charge < -0.3 is 15.5 Å². The number of hydrogen-bond donors (Lipinski definition) is 2. The van der Waals surface area contributed by atoms with E-state index in [9.17, 15) is 4.79 Å². The van der Waals surface area contributed by atoms with Crippen LogP contribution in [-0.2, 0) is 13.1 Å². The Morgan fingerprint density at radius 1 is 1.08 bits per heavy atom. The lowest BCUT2D eigenvalue weighted by atomic mass is 10.0. The molecule has 1 aliphatic carbocycles. The molecule has 0 aliphatic heterocycles. The summed E-state index contributed by atoms with van der Waals surface area (Å²) in [7, 11) is 3.79. The monoisotopic (exact) mass is 511 g/mol. The first-order valence-corrected chi connectivity index (χ1v) is 13.5. The molecule has 198 valence electrons.